The van der Waals surface area contributed by atoms with Crippen molar-refractivity contribution in [1.82, 2.24) is 0 Å². The molecule has 0 aromatic heterocycles. The molecule has 0 aliphatic heterocycles. The van der Waals surface area contributed by atoms with E-state index < -0.39 is 0 Å². The average Bonchev–Trinajstić information content (AvgIpc) is 2.60. The molecular formula is C24H31LiO2. The minimum Gasteiger partial charge on any atom is -0.491 e. The molecule has 0 heterocycles. The van der Waals surface area contributed by atoms with Crippen molar-refractivity contribution in [3.63, 3.8) is 0 Å². The molecule has 0 aliphatic carbocycles. The standard InChI is InChI=1S/C24H31O2.Li/c1-15(2)20-13-21(16(3)4)23(22(14-20)17(5)6)24(25)26-18(7)19-11-9-8-10-12-19;/h8-17H,1-7H3;/q-1;+1. The maximum Gasteiger partial charge on any atom is 1.00 e. The van der Waals surface area contributed by atoms with Gasteiger partial charge >= 0.3 is 24.8 Å². The maximum atomic E-state index is 13.1. The Morgan fingerprint density at radius 1 is 0.852 bits per heavy atom. The minimum absolute atomic E-state index is 0. The first-order valence-electron chi connectivity index (χ1n) is 9.51. The fourth-order valence-corrected chi connectivity index (χ4v) is 3.11. The third kappa shape index (κ3) is 5.68. The van der Waals surface area contributed by atoms with Crippen molar-refractivity contribution in [2.45, 2.75) is 66.2 Å². The van der Waals surface area contributed by atoms with Crippen molar-refractivity contribution < 1.29 is 28.4 Å². The molecule has 0 N–H and O–H groups in total. The molecule has 0 aliphatic rings. The molecule has 0 bridgehead atoms. The van der Waals surface area contributed by atoms with E-state index in [2.05, 4.69) is 53.7 Å². The van der Waals surface area contributed by atoms with Gasteiger partial charge in [0.2, 0.25) is 0 Å². The van der Waals surface area contributed by atoms with Crippen LogP contribution >= 0.6 is 0 Å². The van der Waals surface area contributed by atoms with Gasteiger partial charge in [0.25, 0.3) is 0 Å². The number of hydrogen-bond acceptors (Lipinski definition) is 2. The Hall–Kier alpha value is -1.62. The van der Waals surface area contributed by atoms with Gasteiger partial charge in [0, 0.05) is 6.10 Å². The number of benzene rings is 2. The molecule has 2 rings (SSSR count). The zero-order valence-electron chi connectivity index (χ0n) is 18.1. The number of carbonyl (C=O) groups excluding carboxylic acids is 1. The van der Waals surface area contributed by atoms with Gasteiger partial charge in [-0.05, 0) is 34.4 Å². The summed E-state index contributed by atoms with van der Waals surface area (Å²) in [6.07, 6.45) is 0.632. The van der Waals surface area contributed by atoms with Gasteiger partial charge < -0.3 is 4.74 Å². The van der Waals surface area contributed by atoms with Crippen LogP contribution in [0.25, 0.3) is 0 Å². The second-order valence-electron chi connectivity index (χ2n) is 7.85. The van der Waals surface area contributed by atoms with E-state index in [0.29, 0.717) is 12.0 Å². The maximum absolute atomic E-state index is 13.1. The molecule has 0 saturated heterocycles. The molecule has 0 amide bonds. The van der Waals surface area contributed by atoms with Gasteiger partial charge in [0.15, 0.2) is 0 Å². The summed E-state index contributed by atoms with van der Waals surface area (Å²) in [7, 11) is 0. The van der Waals surface area contributed by atoms with E-state index in [1.165, 1.54) is 5.56 Å². The van der Waals surface area contributed by atoms with Crippen molar-refractivity contribution in [2.75, 3.05) is 0 Å². The first-order chi connectivity index (χ1) is 12.2. The Morgan fingerprint density at radius 2 is 1.33 bits per heavy atom. The summed E-state index contributed by atoms with van der Waals surface area (Å²) in [4.78, 5) is 13.1. The molecule has 0 atom stereocenters. The smallest absolute Gasteiger partial charge is 0.491 e. The van der Waals surface area contributed by atoms with Crippen molar-refractivity contribution in [3.05, 3.63) is 76.4 Å². The van der Waals surface area contributed by atoms with Crippen LogP contribution in [0.5, 0.6) is 0 Å². The van der Waals surface area contributed by atoms with Crippen LogP contribution in [0.2, 0.25) is 0 Å². The molecule has 0 fully saturated rings. The normalized spacial score (nSPS) is 10.9. The second kappa shape index (κ2) is 10.1. The summed E-state index contributed by atoms with van der Waals surface area (Å²) in [6, 6.07) is 14.1. The van der Waals surface area contributed by atoms with E-state index in [1.807, 2.05) is 37.3 Å². The van der Waals surface area contributed by atoms with E-state index in [1.54, 1.807) is 0 Å². The topological polar surface area (TPSA) is 26.3 Å². The number of rotatable bonds is 6. The van der Waals surface area contributed by atoms with E-state index in [4.69, 9.17) is 4.74 Å². The zero-order chi connectivity index (χ0) is 19.4. The van der Waals surface area contributed by atoms with Crippen molar-refractivity contribution in [2.24, 2.45) is 0 Å². The van der Waals surface area contributed by atoms with Crippen LogP contribution in [0.1, 0.15) is 98.8 Å². The fraction of sp³-hybridized carbons (Fsp3) is 0.417. The van der Waals surface area contributed by atoms with Gasteiger partial charge in [-0.3, -0.25) is 0 Å². The van der Waals surface area contributed by atoms with E-state index >= 15 is 0 Å². The molecule has 27 heavy (non-hydrogen) atoms. The molecule has 3 heteroatoms. The largest absolute Gasteiger partial charge is 1.00 e. The third-order valence-electron chi connectivity index (χ3n) is 4.76. The molecule has 2 aromatic carbocycles. The average molecular weight is 358 g/mol. The van der Waals surface area contributed by atoms with Gasteiger partial charge in [0.1, 0.15) is 0 Å². The second-order valence-corrected chi connectivity index (χ2v) is 7.85. The van der Waals surface area contributed by atoms with Gasteiger partial charge in [-0.25, -0.2) is 4.79 Å². The molecule has 0 saturated carbocycles. The third-order valence-corrected chi connectivity index (χ3v) is 4.76. The summed E-state index contributed by atoms with van der Waals surface area (Å²) in [5.74, 6) is 0.679. The van der Waals surface area contributed by atoms with Crippen molar-refractivity contribution >= 4 is 5.97 Å². The van der Waals surface area contributed by atoms with E-state index in [9.17, 15) is 4.79 Å². The fourth-order valence-electron chi connectivity index (χ4n) is 3.11. The Labute approximate surface area is 176 Å². The van der Waals surface area contributed by atoms with Crippen LogP contribution < -0.4 is 18.9 Å². The van der Waals surface area contributed by atoms with Gasteiger partial charge in [-0.1, -0.05) is 66.7 Å². The van der Waals surface area contributed by atoms with Crippen LogP contribution in [0, 0.1) is 6.10 Å². The van der Waals surface area contributed by atoms with Gasteiger partial charge in [-0.2, -0.15) is 17.7 Å². The Morgan fingerprint density at radius 3 is 1.74 bits per heavy atom. The summed E-state index contributed by atoms with van der Waals surface area (Å²) in [5, 5.41) is 0. The Balaban J connectivity index is 0.00000364. The number of esters is 1. The summed E-state index contributed by atoms with van der Waals surface area (Å²) >= 11 is 0. The monoisotopic (exact) mass is 358 g/mol. The molecule has 140 valence electrons. The molecule has 2 nitrogen and oxygen atoms in total. The van der Waals surface area contributed by atoms with Crippen molar-refractivity contribution in [3.8, 4) is 0 Å². The summed E-state index contributed by atoms with van der Waals surface area (Å²) < 4.78 is 5.78. The molecule has 2 aromatic rings. The summed E-state index contributed by atoms with van der Waals surface area (Å²) in [6.45, 7) is 14.8. The van der Waals surface area contributed by atoms with Gasteiger partial charge in [0.05, 0.1) is 5.56 Å². The van der Waals surface area contributed by atoms with E-state index in [-0.39, 0.29) is 36.7 Å². The van der Waals surface area contributed by atoms with E-state index in [0.717, 1.165) is 22.3 Å². The summed E-state index contributed by atoms with van der Waals surface area (Å²) in [5.41, 5.74) is 5.08. The minimum atomic E-state index is -0.256. The van der Waals surface area contributed by atoms with Crippen molar-refractivity contribution in [1.29, 1.82) is 0 Å². The number of hydrogen-bond donors (Lipinski definition) is 0. The molecule has 0 radical (unpaired) electrons. The zero-order valence-corrected chi connectivity index (χ0v) is 18.1. The van der Waals surface area contributed by atoms with Crippen LogP contribution in [0.3, 0.4) is 0 Å². The van der Waals surface area contributed by atoms with Crippen LogP contribution in [-0.4, -0.2) is 5.97 Å². The first-order valence-corrected chi connectivity index (χ1v) is 9.51. The molecule has 0 spiro atoms. The van der Waals surface area contributed by atoms with Gasteiger partial charge in [-0.15, -0.1) is 12.1 Å². The Kier molecular flexibility index (Phi) is 8.73. The Bertz CT molecular complexity index is 719. The van der Waals surface area contributed by atoms with Crippen LogP contribution in [0.4, 0.5) is 0 Å². The quantitative estimate of drug-likeness (QED) is 0.446. The van der Waals surface area contributed by atoms with Crippen LogP contribution in [-0.2, 0) is 4.74 Å². The molecule has 0 unspecified atom stereocenters. The number of carbonyl (C=O) groups is 1. The number of ether oxygens (including phenoxy) is 1. The molecular weight excluding hydrogens is 327 g/mol. The predicted octanol–water partition coefficient (Wildman–Crippen LogP) is 3.82. The SMILES string of the molecule is C[C-](OC(=O)c1c(C(C)C)cc(C(C)C)cc1C(C)C)c1ccccc1.[Li+]. The predicted molar refractivity (Wildman–Crippen MR) is 109 cm³/mol. The first kappa shape index (κ1) is 23.4. The van der Waals surface area contributed by atoms with Crippen LogP contribution in [0.15, 0.2) is 42.5 Å².